The standard InChI is InChI=1S/C13H14ClN/c1-12(2)7-8-13(14,9-15)11-6-4-3-5-10(11)12/h3-6H,7-8H2,1-2H3. The number of nitriles is 1. The smallest absolute Gasteiger partial charge is 0.156 e. The van der Waals surface area contributed by atoms with Gasteiger partial charge in [-0.2, -0.15) is 5.26 Å². The molecule has 0 spiro atoms. The first kappa shape index (κ1) is 10.5. The minimum Gasteiger partial charge on any atom is -0.196 e. The van der Waals surface area contributed by atoms with Crippen LogP contribution in [0.3, 0.4) is 0 Å². The first-order valence-corrected chi connectivity index (χ1v) is 5.58. The van der Waals surface area contributed by atoms with Gasteiger partial charge >= 0.3 is 0 Å². The van der Waals surface area contributed by atoms with Gasteiger partial charge in [0.25, 0.3) is 0 Å². The second kappa shape index (κ2) is 3.25. The number of benzene rings is 1. The average molecular weight is 220 g/mol. The third kappa shape index (κ3) is 1.54. The van der Waals surface area contributed by atoms with Crippen LogP contribution in [0.1, 0.15) is 37.8 Å². The number of alkyl halides is 1. The van der Waals surface area contributed by atoms with Gasteiger partial charge < -0.3 is 0 Å². The lowest BCUT2D eigenvalue weighted by Crippen LogP contribution is -2.33. The fourth-order valence-corrected chi connectivity index (χ4v) is 2.55. The van der Waals surface area contributed by atoms with Gasteiger partial charge in [0, 0.05) is 0 Å². The molecule has 78 valence electrons. The molecule has 0 amide bonds. The Kier molecular flexibility index (Phi) is 2.28. The summed E-state index contributed by atoms with van der Waals surface area (Å²) in [4.78, 5) is -0.813. The van der Waals surface area contributed by atoms with E-state index >= 15 is 0 Å². The van der Waals surface area contributed by atoms with Crippen molar-refractivity contribution in [1.29, 1.82) is 5.26 Å². The van der Waals surface area contributed by atoms with E-state index in [-0.39, 0.29) is 5.41 Å². The monoisotopic (exact) mass is 219 g/mol. The van der Waals surface area contributed by atoms with Crippen LogP contribution in [0.15, 0.2) is 24.3 Å². The van der Waals surface area contributed by atoms with Crippen LogP contribution in [-0.2, 0) is 10.3 Å². The van der Waals surface area contributed by atoms with Gasteiger partial charge in [-0.3, -0.25) is 0 Å². The van der Waals surface area contributed by atoms with Gasteiger partial charge in [0.1, 0.15) is 0 Å². The predicted octanol–water partition coefficient (Wildman–Crippen LogP) is 3.72. The first-order valence-electron chi connectivity index (χ1n) is 5.20. The normalized spacial score (nSPS) is 27.9. The summed E-state index contributed by atoms with van der Waals surface area (Å²) in [6.45, 7) is 4.42. The zero-order valence-corrected chi connectivity index (χ0v) is 9.80. The van der Waals surface area contributed by atoms with Crippen LogP contribution in [0.25, 0.3) is 0 Å². The Hall–Kier alpha value is -1.00. The molecule has 0 fully saturated rings. The Bertz CT molecular complexity index is 430. The Labute approximate surface area is 95.7 Å². The largest absolute Gasteiger partial charge is 0.196 e. The predicted molar refractivity (Wildman–Crippen MR) is 61.8 cm³/mol. The second-order valence-corrected chi connectivity index (χ2v) is 5.49. The van der Waals surface area contributed by atoms with Gasteiger partial charge in [0.05, 0.1) is 6.07 Å². The quantitative estimate of drug-likeness (QED) is 0.611. The van der Waals surface area contributed by atoms with Crippen LogP contribution in [0, 0.1) is 11.3 Å². The SMILES string of the molecule is CC1(C)CCC(Cl)(C#N)c2ccccc21. The van der Waals surface area contributed by atoms with E-state index in [9.17, 15) is 5.26 Å². The molecule has 1 aromatic carbocycles. The van der Waals surface area contributed by atoms with Crippen LogP contribution in [-0.4, -0.2) is 0 Å². The van der Waals surface area contributed by atoms with E-state index in [1.165, 1.54) is 5.56 Å². The summed E-state index contributed by atoms with van der Waals surface area (Å²) in [5.74, 6) is 0. The lowest BCUT2D eigenvalue weighted by Gasteiger charge is -2.38. The number of rotatable bonds is 0. The third-order valence-corrected chi connectivity index (χ3v) is 3.83. The maximum Gasteiger partial charge on any atom is 0.156 e. The molecular formula is C13H14ClN. The zero-order chi connectivity index (χ0) is 11.1. The molecule has 1 unspecified atom stereocenters. The molecule has 1 aromatic rings. The van der Waals surface area contributed by atoms with E-state index in [2.05, 4.69) is 26.0 Å². The molecule has 15 heavy (non-hydrogen) atoms. The lowest BCUT2D eigenvalue weighted by molar-refractivity contribution is 0.400. The minimum atomic E-state index is -0.813. The summed E-state index contributed by atoms with van der Waals surface area (Å²) in [6, 6.07) is 10.3. The number of nitrogens with zero attached hydrogens (tertiary/aromatic N) is 1. The number of hydrogen-bond donors (Lipinski definition) is 0. The molecule has 0 bridgehead atoms. The highest BCUT2D eigenvalue weighted by Crippen LogP contribution is 2.47. The fourth-order valence-electron chi connectivity index (χ4n) is 2.29. The van der Waals surface area contributed by atoms with Gasteiger partial charge in [-0.25, -0.2) is 0 Å². The van der Waals surface area contributed by atoms with Gasteiger partial charge in [-0.05, 0) is 29.4 Å². The molecule has 0 heterocycles. The molecule has 1 aliphatic carbocycles. The van der Waals surface area contributed by atoms with E-state index in [4.69, 9.17) is 11.6 Å². The Morgan fingerprint density at radius 1 is 1.20 bits per heavy atom. The molecule has 0 aliphatic heterocycles. The van der Waals surface area contributed by atoms with Crippen molar-refractivity contribution in [2.75, 3.05) is 0 Å². The Morgan fingerprint density at radius 3 is 2.40 bits per heavy atom. The van der Waals surface area contributed by atoms with Crippen LogP contribution >= 0.6 is 11.6 Å². The number of hydrogen-bond acceptors (Lipinski definition) is 1. The minimum absolute atomic E-state index is 0.131. The van der Waals surface area contributed by atoms with Gasteiger partial charge in [0.2, 0.25) is 0 Å². The van der Waals surface area contributed by atoms with E-state index in [0.717, 1.165) is 18.4 Å². The molecule has 1 aliphatic rings. The molecule has 0 aromatic heterocycles. The van der Waals surface area contributed by atoms with Gasteiger partial charge in [-0.1, -0.05) is 49.7 Å². The van der Waals surface area contributed by atoms with Crippen molar-refractivity contribution >= 4 is 11.6 Å². The summed E-state index contributed by atoms with van der Waals surface area (Å²) in [5, 5.41) is 9.19. The van der Waals surface area contributed by atoms with Gasteiger partial charge in [-0.15, -0.1) is 0 Å². The summed E-state index contributed by atoms with van der Waals surface area (Å²) >= 11 is 6.36. The van der Waals surface area contributed by atoms with E-state index in [0.29, 0.717) is 0 Å². The average Bonchev–Trinajstić information content (AvgIpc) is 2.25. The zero-order valence-electron chi connectivity index (χ0n) is 9.05. The Balaban J connectivity index is 2.65. The topological polar surface area (TPSA) is 23.8 Å². The van der Waals surface area contributed by atoms with Crippen molar-refractivity contribution in [3.8, 4) is 6.07 Å². The molecule has 0 saturated heterocycles. The van der Waals surface area contributed by atoms with E-state index < -0.39 is 4.87 Å². The lowest BCUT2D eigenvalue weighted by atomic mass is 9.69. The maximum absolute atomic E-state index is 9.19. The second-order valence-electron chi connectivity index (χ2n) is 4.84. The Morgan fingerprint density at radius 2 is 1.80 bits per heavy atom. The van der Waals surface area contributed by atoms with E-state index in [1.807, 2.05) is 18.2 Å². The molecule has 1 atom stereocenters. The first-order chi connectivity index (χ1) is 6.99. The summed E-state index contributed by atoms with van der Waals surface area (Å²) in [6.07, 6.45) is 1.69. The number of fused-ring (bicyclic) bond motifs is 1. The van der Waals surface area contributed by atoms with Crippen molar-refractivity contribution < 1.29 is 0 Å². The highest BCUT2D eigenvalue weighted by Gasteiger charge is 2.41. The summed E-state index contributed by atoms with van der Waals surface area (Å²) in [7, 11) is 0. The van der Waals surface area contributed by atoms with Crippen LogP contribution in [0.5, 0.6) is 0 Å². The molecule has 1 nitrogen and oxygen atoms in total. The van der Waals surface area contributed by atoms with Crippen molar-refractivity contribution in [2.45, 2.75) is 37.0 Å². The van der Waals surface area contributed by atoms with Crippen LogP contribution < -0.4 is 0 Å². The maximum atomic E-state index is 9.19. The van der Waals surface area contributed by atoms with Gasteiger partial charge in [0.15, 0.2) is 4.87 Å². The summed E-state index contributed by atoms with van der Waals surface area (Å²) in [5.41, 5.74) is 2.34. The molecule has 2 rings (SSSR count). The molecule has 0 N–H and O–H groups in total. The van der Waals surface area contributed by atoms with Crippen molar-refractivity contribution in [3.05, 3.63) is 35.4 Å². The molecule has 0 saturated carbocycles. The highest BCUT2D eigenvalue weighted by molar-refractivity contribution is 6.26. The van der Waals surface area contributed by atoms with E-state index in [1.54, 1.807) is 0 Å². The summed E-state index contributed by atoms with van der Waals surface area (Å²) < 4.78 is 0. The molecular weight excluding hydrogens is 206 g/mol. The van der Waals surface area contributed by atoms with Crippen molar-refractivity contribution in [2.24, 2.45) is 0 Å². The number of halogens is 1. The van der Waals surface area contributed by atoms with Crippen molar-refractivity contribution in [3.63, 3.8) is 0 Å². The molecule has 0 radical (unpaired) electrons. The highest BCUT2D eigenvalue weighted by atomic mass is 35.5. The van der Waals surface area contributed by atoms with Crippen LogP contribution in [0.2, 0.25) is 0 Å². The van der Waals surface area contributed by atoms with Crippen molar-refractivity contribution in [1.82, 2.24) is 0 Å². The third-order valence-electron chi connectivity index (χ3n) is 3.35. The fraction of sp³-hybridized carbons (Fsp3) is 0.462. The molecule has 2 heteroatoms. The van der Waals surface area contributed by atoms with Crippen LogP contribution in [0.4, 0.5) is 0 Å².